The zero-order chi connectivity index (χ0) is 12.5. The first-order valence-electron chi connectivity index (χ1n) is 5.94. The van der Waals surface area contributed by atoms with E-state index >= 15 is 0 Å². The van der Waals surface area contributed by atoms with Crippen molar-refractivity contribution in [1.29, 1.82) is 0 Å². The lowest BCUT2D eigenvalue weighted by Crippen LogP contribution is -2.11. The van der Waals surface area contributed by atoms with Crippen molar-refractivity contribution in [1.82, 2.24) is 4.98 Å². The zero-order valence-corrected chi connectivity index (χ0v) is 10.1. The first-order valence-corrected chi connectivity index (χ1v) is 5.94. The minimum Gasteiger partial charge on any atom is -0.321 e. The largest absolute Gasteiger partial charge is 0.321 e. The van der Waals surface area contributed by atoms with Crippen molar-refractivity contribution < 1.29 is 0 Å². The number of aromatic nitrogens is 1. The Kier molecular flexibility index (Phi) is 2.49. The molecule has 3 aromatic rings. The maximum Gasteiger partial charge on any atom is 0.251 e. The molecule has 0 aliphatic carbocycles. The highest BCUT2D eigenvalue weighted by Crippen LogP contribution is 2.26. The summed E-state index contributed by atoms with van der Waals surface area (Å²) in [5.41, 5.74) is 2.67. The number of hydrogen-bond donors (Lipinski definition) is 1. The highest BCUT2D eigenvalue weighted by atomic mass is 16.1. The van der Waals surface area contributed by atoms with Crippen LogP contribution in [0.4, 0.5) is 0 Å². The van der Waals surface area contributed by atoms with Crippen molar-refractivity contribution >= 4 is 10.8 Å². The van der Waals surface area contributed by atoms with E-state index in [0.717, 1.165) is 27.6 Å². The normalized spacial score (nSPS) is 10.7. The molecule has 0 fully saturated rings. The Hall–Kier alpha value is -2.35. The van der Waals surface area contributed by atoms with E-state index in [1.54, 1.807) is 0 Å². The van der Waals surface area contributed by atoms with Gasteiger partial charge in [0, 0.05) is 10.9 Å². The minimum absolute atomic E-state index is 0.0208. The number of benzene rings is 2. The average Bonchev–Trinajstić information content (AvgIpc) is 2.44. The molecule has 0 radical (unpaired) electrons. The van der Waals surface area contributed by atoms with Gasteiger partial charge in [-0.25, -0.2) is 0 Å². The number of H-pyrrole nitrogens is 1. The monoisotopic (exact) mass is 235 g/mol. The van der Waals surface area contributed by atoms with Crippen LogP contribution in [0.25, 0.3) is 22.0 Å². The molecule has 2 heteroatoms. The number of aromatic amines is 1. The highest BCUT2D eigenvalue weighted by Gasteiger charge is 2.08. The molecule has 0 saturated carbocycles. The summed E-state index contributed by atoms with van der Waals surface area (Å²) in [6.45, 7) is 1.86. The molecule has 0 saturated heterocycles. The maximum atomic E-state index is 12.0. The van der Waals surface area contributed by atoms with Crippen LogP contribution in [0.15, 0.2) is 59.4 Å². The van der Waals surface area contributed by atoms with Crippen LogP contribution in [-0.2, 0) is 0 Å². The van der Waals surface area contributed by atoms with E-state index in [2.05, 4.69) is 4.98 Å². The number of pyridine rings is 1. The maximum absolute atomic E-state index is 12.0. The van der Waals surface area contributed by atoms with E-state index in [0.29, 0.717) is 0 Å². The van der Waals surface area contributed by atoms with E-state index in [9.17, 15) is 4.79 Å². The van der Waals surface area contributed by atoms with E-state index in [1.807, 2.05) is 61.5 Å². The molecule has 0 aliphatic heterocycles. The zero-order valence-electron chi connectivity index (χ0n) is 10.1. The van der Waals surface area contributed by atoms with Gasteiger partial charge in [-0.05, 0) is 17.9 Å². The van der Waals surface area contributed by atoms with Crippen molar-refractivity contribution in [3.63, 3.8) is 0 Å². The van der Waals surface area contributed by atoms with Crippen LogP contribution >= 0.6 is 0 Å². The fraction of sp³-hybridized carbons (Fsp3) is 0.0625. The molecule has 0 atom stereocenters. The Bertz CT molecular complexity index is 757. The molecule has 88 valence electrons. The lowest BCUT2D eigenvalue weighted by atomic mass is 10.0. The molecular formula is C16H13NO. The predicted molar refractivity (Wildman–Crippen MR) is 74.7 cm³/mol. The van der Waals surface area contributed by atoms with Crippen molar-refractivity contribution in [3.05, 3.63) is 70.5 Å². The van der Waals surface area contributed by atoms with E-state index in [-0.39, 0.29) is 5.56 Å². The van der Waals surface area contributed by atoms with Crippen LogP contribution in [0.5, 0.6) is 0 Å². The van der Waals surface area contributed by atoms with Gasteiger partial charge in [0.15, 0.2) is 0 Å². The molecule has 2 aromatic carbocycles. The van der Waals surface area contributed by atoms with Crippen LogP contribution in [0.2, 0.25) is 0 Å². The molecule has 0 bridgehead atoms. The predicted octanol–water partition coefficient (Wildman–Crippen LogP) is 3.50. The number of fused-ring (bicyclic) bond motifs is 1. The second kappa shape index (κ2) is 4.15. The lowest BCUT2D eigenvalue weighted by molar-refractivity contribution is 1.22. The first kappa shape index (κ1) is 10.8. The number of nitrogens with one attached hydrogen (secondary N) is 1. The molecule has 0 aliphatic rings. The van der Waals surface area contributed by atoms with Crippen LogP contribution in [-0.4, -0.2) is 4.98 Å². The minimum atomic E-state index is -0.0208. The van der Waals surface area contributed by atoms with E-state index < -0.39 is 0 Å². The summed E-state index contributed by atoms with van der Waals surface area (Å²) in [5, 5.41) is 2.10. The fourth-order valence-corrected chi connectivity index (χ4v) is 2.26. The highest BCUT2D eigenvalue weighted by molar-refractivity contribution is 5.96. The average molecular weight is 235 g/mol. The summed E-state index contributed by atoms with van der Waals surface area (Å²) < 4.78 is 0. The third-order valence-corrected chi connectivity index (χ3v) is 3.24. The van der Waals surface area contributed by atoms with Crippen molar-refractivity contribution in [2.24, 2.45) is 0 Å². The van der Waals surface area contributed by atoms with Gasteiger partial charge < -0.3 is 4.98 Å². The van der Waals surface area contributed by atoms with Gasteiger partial charge in [-0.3, -0.25) is 4.79 Å². The van der Waals surface area contributed by atoms with Gasteiger partial charge in [0.2, 0.25) is 0 Å². The van der Waals surface area contributed by atoms with Crippen LogP contribution < -0.4 is 5.56 Å². The van der Waals surface area contributed by atoms with Crippen LogP contribution in [0, 0.1) is 6.92 Å². The Balaban J connectivity index is 2.44. The Morgan fingerprint density at radius 2 is 1.44 bits per heavy atom. The Morgan fingerprint density at radius 3 is 2.17 bits per heavy atom. The molecule has 1 N–H and O–H groups in total. The van der Waals surface area contributed by atoms with Crippen LogP contribution in [0.1, 0.15) is 5.56 Å². The smallest absolute Gasteiger partial charge is 0.251 e. The molecule has 0 spiro atoms. The summed E-state index contributed by atoms with van der Waals surface area (Å²) in [4.78, 5) is 15.0. The van der Waals surface area contributed by atoms with Gasteiger partial charge in [0.1, 0.15) is 0 Å². The summed E-state index contributed by atoms with van der Waals surface area (Å²) in [7, 11) is 0. The third kappa shape index (κ3) is 1.63. The molecule has 0 unspecified atom stereocenters. The van der Waals surface area contributed by atoms with Crippen LogP contribution in [0.3, 0.4) is 0 Å². The van der Waals surface area contributed by atoms with Gasteiger partial charge in [-0.15, -0.1) is 0 Å². The third-order valence-electron chi connectivity index (χ3n) is 3.24. The summed E-state index contributed by atoms with van der Waals surface area (Å²) in [5.74, 6) is 0. The molecule has 0 amide bonds. The quantitative estimate of drug-likeness (QED) is 0.688. The molecule has 1 heterocycles. The molecule has 1 aromatic heterocycles. The van der Waals surface area contributed by atoms with Gasteiger partial charge >= 0.3 is 0 Å². The number of hydrogen-bond acceptors (Lipinski definition) is 1. The van der Waals surface area contributed by atoms with Crippen molar-refractivity contribution in [2.45, 2.75) is 6.92 Å². The summed E-state index contributed by atoms with van der Waals surface area (Å²) >= 11 is 0. The van der Waals surface area contributed by atoms with Gasteiger partial charge in [0.05, 0.1) is 5.69 Å². The standard InChI is InChI=1S/C16H13NO/c1-11-13-9-5-6-10-14(13)15(17-16(11)18)12-7-3-2-4-8-12/h2-10H,1H3,(H,17,18). The van der Waals surface area contributed by atoms with E-state index in [4.69, 9.17) is 0 Å². The molecular weight excluding hydrogens is 222 g/mol. The topological polar surface area (TPSA) is 32.9 Å². The summed E-state index contributed by atoms with van der Waals surface area (Å²) in [6.07, 6.45) is 0. The van der Waals surface area contributed by atoms with Crippen molar-refractivity contribution in [2.75, 3.05) is 0 Å². The second-order valence-corrected chi connectivity index (χ2v) is 4.37. The Morgan fingerprint density at radius 1 is 0.833 bits per heavy atom. The van der Waals surface area contributed by atoms with Crippen molar-refractivity contribution in [3.8, 4) is 11.3 Å². The number of rotatable bonds is 1. The molecule has 2 nitrogen and oxygen atoms in total. The Labute approximate surface area is 105 Å². The van der Waals surface area contributed by atoms with Gasteiger partial charge in [-0.2, -0.15) is 0 Å². The van der Waals surface area contributed by atoms with Gasteiger partial charge in [-0.1, -0.05) is 54.6 Å². The van der Waals surface area contributed by atoms with E-state index in [1.165, 1.54) is 0 Å². The molecule has 3 rings (SSSR count). The second-order valence-electron chi connectivity index (χ2n) is 4.37. The van der Waals surface area contributed by atoms with Gasteiger partial charge in [0.25, 0.3) is 5.56 Å². The molecule has 18 heavy (non-hydrogen) atoms. The SMILES string of the molecule is Cc1c(=O)[nH]c(-c2ccccc2)c2ccccc12. The summed E-state index contributed by atoms with van der Waals surface area (Å²) in [6, 6.07) is 17.9. The number of aryl methyl sites for hydroxylation is 1. The first-order chi connectivity index (χ1) is 8.77. The lowest BCUT2D eigenvalue weighted by Gasteiger charge is -2.08. The fourth-order valence-electron chi connectivity index (χ4n) is 2.26.